The molecule has 0 aromatic carbocycles. The molecule has 1 amide bonds. The number of carbonyl (C=O) groups excluding carboxylic acids is 1. The van der Waals surface area contributed by atoms with E-state index in [0.29, 0.717) is 24.4 Å². The summed E-state index contributed by atoms with van der Waals surface area (Å²) in [5.74, 6) is 0.704. The van der Waals surface area contributed by atoms with Crippen LogP contribution in [-0.2, 0) is 10.5 Å². The largest absolute Gasteiger partial charge is 0.339 e. The summed E-state index contributed by atoms with van der Waals surface area (Å²) in [6.45, 7) is 4.50. The zero-order chi connectivity index (χ0) is 17.2. The molecule has 24 heavy (non-hydrogen) atoms. The minimum atomic E-state index is -1.75. The van der Waals surface area contributed by atoms with Crippen molar-refractivity contribution in [2.75, 3.05) is 13.1 Å². The van der Waals surface area contributed by atoms with E-state index in [1.165, 1.54) is 0 Å². The molecule has 1 unspecified atom stereocenters. The second-order valence-corrected chi connectivity index (χ2v) is 6.62. The number of nitrogens with zero attached hydrogens (tertiary/aromatic N) is 4. The van der Waals surface area contributed by atoms with Crippen molar-refractivity contribution in [3.05, 3.63) is 30.4 Å². The van der Waals surface area contributed by atoms with E-state index in [0.717, 1.165) is 6.42 Å². The summed E-state index contributed by atoms with van der Waals surface area (Å²) in [6.07, 6.45) is 4.66. The van der Waals surface area contributed by atoms with Crippen LogP contribution < -0.4 is 0 Å². The number of carbonyl (C=O) groups is 1. The second kappa shape index (κ2) is 6.67. The first kappa shape index (κ1) is 16.5. The number of alkyl halides is 1. The molecule has 0 bridgehead atoms. The second-order valence-electron chi connectivity index (χ2n) is 6.62. The van der Waals surface area contributed by atoms with Gasteiger partial charge in [-0.05, 0) is 24.5 Å². The minimum absolute atomic E-state index is 0.00784. The first-order chi connectivity index (χ1) is 11.5. The molecule has 1 atom stereocenters. The van der Waals surface area contributed by atoms with Gasteiger partial charge in [-0.3, -0.25) is 9.78 Å². The lowest BCUT2D eigenvalue weighted by Gasteiger charge is -2.18. The molecule has 6 nitrogen and oxygen atoms in total. The molecule has 0 radical (unpaired) electrons. The van der Waals surface area contributed by atoms with Crippen LogP contribution in [0.1, 0.15) is 38.9 Å². The highest BCUT2D eigenvalue weighted by Gasteiger charge is 2.45. The van der Waals surface area contributed by atoms with E-state index >= 15 is 4.39 Å². The number of pyridine rings is 1. The SMILES string of the molecule is CC(C)CCC(=O)N1CCC(F)(c2noc(-c3ccncc3)n2)C1. The third-order valence-corrected chi connectivity index (χ3v) is 4.26. The van der Waals surface area contributed by atoms with Crippen molar-refractivity contribution >= 4 is 5.91 Å². The molecule has 3 heterocycles. The minimum Gasteiger partial charge on any atom is -0.339 e. The molecule has 1 fully saturated rings. The van der Waals surface area contributed by atoms with Crippen LogP contribution >= 0.6 is 0 Å². The average molecular weight is 332 g/mol. The summed E-state index contributed by atoms with van der Waals surface area (Å²) >= 11 is 0. The molecule has 0 aliphatic carbocycles. The van der Waals surface area contributed by atoms with Gasteiger partial charge >= 0.3 is 0 Å². The molecule has 1 saturated heterocycles. The van der Waals surface area contributed by atoms with E-state index < -0.39 is 5.67 Å². The molecular weight excluding hydrogens is 311 g/mol. The van der Waals surface area contributed by atoms with Gasteiger partial charge in [0.05, 0.1) is 6.54 Å². The first-order valence-electron chi connectivity index (χ1n) is 8.19. The highest BCUT2D eigenvalue weighted by atomic mass is 19.1. The van der Waals surface area contributed by atoms with E-state index in [-0.39, 0.29) is 30.6 Å². The fourth-order valence-electron chi connectivity index (χ4n) is 2.76. The van der Waals surface area contributed by atoms with Gasteiger partial charge in [-0.25, -0.2) is 4.39 Å². The highest BCUT2D eigenvalue weighted by Crippen LogP contribution is 2.35. The summed E-state index contributed by atoms with van der Waals surface area (Å²) in [4.78, 5) is 21.8. The zero-order valence-corrected chi connectivity index (χ0v) is 13.9. The molecule has 3 rings (SSSR count). The first-order valence-corrected chi connectivity index (χ1v) is 8.19. The van der Waals surface area contributed by atoms with Crippen LogP contribution in [0.2, 0.25) is 0 Å². The lowest BCUT2D eigenvalue weighted by atomic mass is 10.1. The van der Waals surface area contributed by atoms with Gasteiger partial charge in [-0.1, -0.05) is 19.0 Å². The molecular formula is C17H21FN4O2. The van der Waals surface area contributed by atoms with E-state index in [9.17, 15) is 4.79 Å². The Morgan fingerprint density at radius 2 is 2.17 bits per heavy atom. The number of amides is 1. The van der Waals surface area contributed by atoms with Crippen molar-refractivity contribution in [2.45, 2.75) is 38.8 Å². The van der Waals surface area contributed by atoms with E-state index in [1.54, 1.807) is 29.4 Å². The van der Waals surface area contributed by atoms with Crippen LogP contribution in [0.25, 0.3) is 11.5 Å². The van der Waals surface area contributed by atoms with Gasteiger partial charge in [0.15, 0.2) is 5.67 Å². The van der Waals surface area contributed by atoms with Crippen LogP contribution in [0, 0.1) is 5.92 Å². The lowest BCUT2D eigenvalue weighted by Crippen LogP contribution is -2.32. The predicted molar refractivity (Wildman–Crippen MR) is 85.6 cm³/mol. The number of hydrogen-bond acceptors (Lipinski definition) is 5. The van der Waals surface area contributed by atoms with Crippen molar-refractivity contribution in [3.8, 4) is 11.5 Å². The topological polar surface area (TPSA) is 72.1 Å². The van der Waals surface area contributed by atoms with Crippen molar-refractivity contribution in [3.63, 3.8) is 0 Å². The van der Waals surface area contributed by atoms with E-state index in [1.807, 2.05) is 0 Å². The maximum atomic E-state index is 15.2. The van der Waals surface area contributed by atoms with Crippen molar-refractivity contribution in [1.82, 2.24) is 20.0 Å². The van der Waals surface area contributed by atoms with Gasteiger partial charge in [-0.15, -0.1) is 0 Å². The smallest absolute Gasteiger partial charge is 0.258 e. The lowest BCUT2D eigenvalue weighted by molar-refractivity contribution is -0.131. The van der Waals surface area contributed by atoms with Gasteiger partial charge in [0.2, 0.25) is 11.7 Å². The van der Waals surface area contributed by atoms with Gasteiger partial charge < -0.3 is 9.42 Å². The fraction of sp³-hybridized carbons (Fsp3) is 0.529. The van der Waals surface area contributed by atoms with Crippen LogP contribution in [-0.4, -0.2) is 39.0 Å². The third-order valence-electron chi connectivity index (χ3n) is 4.26. The number of aromatic nitrogens is 3. The summed E-state index contributed by atoms with van der Waals surface area (Å²) in [6, 6.07) is 3.44. The van der Waals surface area contributed by atoms with Crippen LogP contribution in [0.5, 0.6) is 0 Å². The molecule has 7 heteroatoms. The summed E-state index contributed by atoms with van der Waals surface area (Å²) in [5, 5.41) is 3.79. The van der Waals surface area contributed by atoms with Crippen molar-refractivity contribution in [2.24, 2.45) is 5.92 Å². The molecule has 0 spiro atoms. The zero-order valence-electron chi connectivity index (χ0n) is 13.9. The monoisotopic (exact) mass is 332 g/mol. The Labute approximate surface area is 140 Å². The van der Waals surface area contributed by atoms with Crippen molar-refractivity contribution in [1.29, 1.82) is 0 Å². The summed E-state index contributed by atoms with van der Waals surface area (Å²) in [7, 11) is 0. The van der Waals surface area contributed by atoms with E-state index in [2.05, 4.69) is 29.0 Å². The fourth-order valence-corrected chi connectivity index (χ4v) is 2.76. The molecule has 0 saturated carbocycles. The molecule has 128 valence electrons. The Bertz CT molecular complexity index is 704. The number of hydrogen-bond donors (Lipinski definition) is 0. The summed E-state index contributed by atoms with van der Waals surface area (Å²) in [5.41, 5.74) is -1.06. The highest BCUT2D eigenvalue weighted by molar-refractivity contribution is 5.76. The molecule has 0 N–H and O–H groups in total. The Morgan fingerprint density at radius 3 is 2.88 bits per heavy atom. The number of rotatable bonds is 5. The number of likely N-dealkylation sites (tertiary alicyclic amines) is 1. The van der Waals surface area contributed by atoms with Crippen LogP contribution in [0.15, 0.2) is 29.0 Å². The molecule has 2 aromatic rings. The maximum Gasteiger partial charge on any atom is 0.258 e. The Balaban J connectivity index is 1.69. The summed E-state index contributed by atoms with van der Waals surface area (Å²) < 4.78 is 20.4. The quantitative estimate of drug-likeness (QED) is 0.842. The van der Waals surface area contributed by atoms with Gasteiger partial charge in [0, 0.05) is 37.3 Å². The Morgan fingerprint density at radius 1 is 1.42 bits per heavy atom. The van der Waals surface area contributed by atoms with Gasteiger partial charge in [0.1, 0.15) is 0 Å². The molecule has 1 aliphatic heterocycles. The number of halogens is 1. The normalized spacial score (nSPS) is 20.8. The maximum absolute atomic E-state index is 15.2. The average Bonchev–Trinajstić information content (AvgIpc) is 3.21. The van der Waals surface area contributed by atoms with Gasteiger partial charge in [-0.2, -0.15) is 4.98 Å². The third kappa shape index (κ3) is 3.44. The van der Waals surface area contributed by atoms with E-state index in [4.69, 9.17) is 4.52 Å². The Kier molecular flexibility index (Phi) is 4.59. The molecule has 1 aliphatic rings. The van der Waals surface area contributed by atoms with Crippen molar-refractivity contribution < 1.29 is 13.7 Å². The standard InChI is InChI=1S/C17H21FN4O2/c1-12(2)3-4-14(23)22-10-7-17(18,11-22)16-20-15(24-21-16)13-5-8-19-9-6-13/h5-6,8-9,12H,3-4,7,10-11H2,1-2H3. The van der Waals surface area contributed by atoms with Crippen LogP contribution in [0.3, 0.4) is 0 Å². The van der Waals surface area contributed by atoms with Gasteiger partial charge in [0.25, 0.3) is 5.89 Å². The predicted octanol–water partition coefficient (Wildman–Crippen LogP) is 2.96. The molecule has 2 aromatic heterocycles. The van der Waals surface area contributed by atoms with Crippen LogP contribution in [0.4, 0.5) is 4.39 Å². The Hall–Kier alpha value is -2.31.